The van der Waals surface area contributed by atoms with E-state index in [-0.39, 0.29) is 10.9 Å². The second-order valence-corrected chi connectivity index (χ2v) is 8.05. The predicted molar refractivity (Wildman–Crippen MR) is 84.2 cm³/mol. The smallest absolute Gasteiger partial charge is 0.246 e. The maximum absolute atomic E-state index is 14.0. The van der Waals surface area contributed by atoms with Gasteiger partial charge in [0, 0.05) is 23.6 Å². The molecule has 1 saturated heterocycles. The number of nitrogens with one attached hydrogen (secondary N) is 1. The monoisotopic (exact) mass is 378 g/mol. The van der Waals surface area contributed by atoms with Gasteiger partial charge in [-0.25, -0.2) is 12.8 Å². The lowest BCUT2D eigenvalue weighted by atomic mass is 10.2. The minimum atomic E-state index is -3.80. The van der Waals surface area contributed by atoms with Gasteiger partial charge in [-0.1, -0.05) is 22.9 Å². The average Bonchev–Trinajstić information content (AvgIpc) is 2.90. The van der Waals surface area contributed by atoms with Crippen molar-refractivity contribution in [2.45, 2.75) is 37.1 Å². The first-order valence-corrected chi connectivity index (χ1v) is 9.37. The highest BCUT2D eigenvalue weighted by Gasteiger charge is 2.29. The third-order valence-corrected chi connectivity index (χ3v) is 5.96. The molecule has 21 heavy (non-hydrogen) atoms. The van der Waals surface area contributed by atoms with Gasteiger partial charge >= 0.3 is 0 Å². The Kier molecular flexibility index (Phi) is 5.76. The normalized spacial score (nSPS) is 19.3. The van der Waals surface area contributed by atoms with Crippen LogP contribution in [-0.2, 0) is 10.0 Å². The third-order valence-electron chi connectivity index (χ3n) is 3.57. The van der Waals surface area contributed by atoms with E-state index in [9.17, 15) is 12.8 Å². The van der Waals surface area contributed by atoms with Crippen molar-refractivity contribution in [2.24, 2.45) is 0 Å². The Hall–Kier alpha value is -0.500. The molecule has 1 aliphatic heterocycles. The predicted octanol–water partition coefficient (Wildman–Crippen LogP) is 2.74. The molecule has 0 spiro atoms. The number of hydrogen-bond donors (Lipinski definition) is 1. The zero-order valence-electron chi connectivity index (χ0n) is 12.0. The minimum absolute atomic E-state index is 0.157. The van der Waals surface area contributed by atoms with Crippen LogP contribution in [0.4, 0.5) is 4.39 Å². The van der Waals surface area contributed by atoms with Crippen LogP contribution in [-0.4, -0.2) is 38.4 Å². The maximum Gasteiger partial charge on any atom is 0.246 e. The molecule has 1 aliphatic rings. The highest BCUT2D eigenvalue weighted by atomic mass is 79.9. The molecule has 1 aromatic rings. The lowest BCUT2D eigenvalue weighted by Crippen LogP contribution is -2.41. The lowest BCUT2D eigenvalue weighted by molar-refractivity contribution is 0.367. The second kappa shape index (κ2) is 7.17. The van der Waals surface area contributed by atoms with Crippen molar-refractivity contribution in [3.63, 3.8) is 0 Å². The minimum Gasteiger partial charge on any atom is -0.313 e. The number of sulfonamides is 1. The molecule has 1 fully saturated rings. The molecule has 2 rings (SSSR count). The first-order chi connectivity index (χ1) is 9.95. The number of halogens is 2. The maximum atomic E-state index is 14.0. The number of benzene rings is 1. The van der Waals surface area contributed by atoms with Crippen LogP contribution in [0.5, 0.6) is 0 Å². The summed E-state index contributed by atoms with van der Waals surface area (Å²) in [7, 11) is -3.80. The van der Waals surface area contributed by atoms with E-state index in [0.29, 0.717) is 24.0 Å². The quantitative estimate of drug-likeness (QED) is 0.827. The molecular formula is C14H20BrFN2O2S. The van der Waals surface area contributed by atoms with Gasteiger partial charge in [0.1, 0.15) is 10.7 Å². The molecule has 1 heterocycles. The summed E-state index contributed by atoms with van der Waals surface area (Å²) in [5, 5.41) is 3.29. The molecule has 4 nitrogen and oxygen atoms in total. The summed E-state index contributed by atoms with van der Waals surface area (Å²) in [5.74, 6) is -0.718. The van der Waals surface area contributed by atoms with E-state index in [4.69, 9.17) is 0 Å². The van der Waals surface area contributed by atoms with Gasteiger partial charge in [0.25, 0.3) is 0 Å². The number of nitrogens with zero attached hydrogens (tertiary/aromatic N) is 1. The van der Waals surface area contributed by atoms with Crippen molar-refractivity contribution in [3.05, 3.63) is 28.5 Å². The van der Waals surface area contributed by atoms with Crippen LogP contribution in [0.15, 0.2) is 27.6 Å². The summed E-state index contributed by atoms with van der Waals surface area (Å²) >= 11 is 3.14. The van der Waals surface area contributed by atoms with Crippen LogP contribution >= 0.6 is 15.9 Å². The van der Waals surface area contributed by atoms with Crippen molar-refractivity contribution < 1.29 is 12.8 Å². The Morgan fingerprint density at radius 3 is 2.81 bits per heavy atom. The molecule has 118 valence electrons. The molecule has 0 radical (unpaired) electrons. The summed E-state index contributed by atoms with van der Waals surface area (Å²) in [6.07, 6.45) is 2.71. The molecule has 0 aliphatic carbocycles. The van der Waals surface area contributed by atoms with E-state index in [1.165, 1.54) is 16.4 Å². The van der Waals surface area contributed by atoms with Crippen LogP contribution in [0.2, 0.25) is 0 Å². The van der Waals surface area contributed by atoms with Gasteiger partial charge in [0.05, 0.1) is 0 Å². The fourth-order valence-corrected chi connectivity index (χ4v) is 4.50. The zero-order valence-corrected chi connectivity index (χ0v) is 14.4. The van der Waals surface area contributed by atoms with Crippen molar-refractivity contribution >= 4 is 26.0 Å². The number of hydrogen-bond acceptors (Lipinski definition) is 3. The Bertz CT molecular complexity index is 589. The highest BCUT2D eigenvalue weighted by Crippen LogP contribution is 2.23. The lowest BCUT2D eigenvalue weighted by Gasteiger charge is -2.25. The third kappa shape index (κ3) is 4.03. The van der Waals surface area contributed by atoms with Crippen LogP contribution in [0.25, 0.3) is 0 Å². The first kappa shape index (κ1) is 16.9. The van der Waals surface area contributed by atoms with Crippen molar-refractivity contribution in [1.82, 2.24) is 9.62 Å². The molecule has 1 N–H and O–H groups in total. The van der Waals surface area contributed by atoms with E-state index < -0.39 is 15.8 Å². The van der Waals surface area contributed by atoms with Crippen LogP contribution < -0.4 is 5.32 Å². The molecular weight excluding hydrogens is 359 g/mol. The first-order valence-electron chi connectivity index (χ1n) is 7.13. The fraction of sp³-hybridized carbons (Fsp3) is 0.571. The Morgan fingerprint density at radius 2 is 2.24 bits per heavy atom. The summed E-state index contributed by atoms with van der Waals surface area (Å²) in [6, 6.07) is 4.21. The van der Waals surface area contributed by atoms with E-state index >= 15 is 0 Å². The largest absolute Gasteiger partial charge is 0.313 e. The molecule has 1 unspecified atom stereocenters. The van der Waals surface area contributed by atoms with Gasteiger partial charge in [0.2, 0.25) is 10.0 Å². The molecule has 0 aromatic heterocycles. The topological polar surface area (TPSA) is 49.4 Å². The highest BCUT2D eigenvalue weighted by molar-refractivity contribution is 9.10. The van der Waals surface area contributed by atoms with Gasteiger partial charge in [-0.05, 0) is 44.0 Å². The van der Waals surface area contributed by atoms with E-state index in [1.54, 1.807) is 6.07 Å². The summed E-state index contributed by atoms with van der Waals surface area (Å²) in [5.41, 5.74) is 0. The van der Waals surface area contributed by atoms with Crippen LogP contribution in [0, 0.1) is 5.82 Å². The zero-order chi connectivity index (χ0) is 15.5. The van der Waals surface area contributed by atoms with Gasteiger partial charge < -0.3 is 5.32 Å². The van der Waals surface area contributed by atoms with Crippen molar-refractivity contribution in [2.75, 3.05) is 19.6 Å². The van der Waals surface area contributed by atoms with E-state index in [0.717, 1.165) is 19.4 Å². The van der Waals surface area contributed by atoms with Crippen molar-refractivity contribution in [1.29, 1.82) is 0 Å². The summed E-state index contributed by atoms with van der Waals surface area (Å²) in [4.78, 5) is -0.253. The van der Waals surface area contributed by atoms with E-state index in [2.05, 4.69) is 21.2 Å². The van der Waals surface area contributed by atoms with Crippen molar-refractivity contribution in [3.8, 4) is 0 Å². The molecule has 7 heteroatoms. The standard InChI is InChI=1S/C14H20BrFN2O2S/c1-2-8-18(10-12-4-3-7-17-12)21(19,20)14-6-5-11(15)9-13(14)16/h5-6,9,12,17H,2-4,7-8,10H2,1H3. The summed E-state index contributed by atoms with van der Waals surface area (Å²) < 4.78 is 41.3. The molecule has 1 atom stereocenters. The summed E-state index contributed by atoms with van der Waals surface area (Å²) in [6.45, 7) is 3.63. The second-order valence-electron chi connectivity index (χ2n) is 5.23. The molecule has 0 amide bonds. The molecule has 0 bridgehead atoms. The van der Waals surface area contributed by atoms with Gasteiger partial charge in [-0.2, -0.15) is 4.31 Å². The van der Waals surface area contributed by atoms with E-state index in [1.807, 2.05) is 6.92 Å². The Morgan fingerprint density at radius 1 is 1.48 bits per heavy atom. The van der Waals surface area contributed by atoms with Gasteiger partial charge in [0.15, 0.2) is 0 Å². The molecule has 0 saturated carbocycles. The van der Waals surface area contributed by atoms with Crippen LogP contribution in [0.3, 0.4) is 0 Å². The fourth-order valence-electron chi connectivity index (χ4n) is 2.54. The molecule has 1 aromatic carbocycles. The van der Waals surface area contributed by atoms with Gasteiger partial charge in [-0.3, -0.25) is 0 Å². The Labute approximate surface area is 133 Å². The SMILES string of the molecule is CCCN(CC1CCCN1)S(=O)(=O)c1ccc(Br)cc1F. The van der Waals surface area contributed by atoms with Crippen LogP contribution in [0.1, 0.15) is 26.2 Å². The van der Waals surface area contributed by atoms with Gasteiger partial charge in [-0.15, -0.1) is 0 Å². The Balaban J connectivity index is 2.27. The average molecular weight is 379 g/mol. The number of rotatable bonds is 6.